The summed E-state index contributed by atoms with van der Waals surface area (Å²) in [6, 6.07) is 0.448. The Labute approximate surface area is 150 Å². The molecule has 0 radical (unpaired) electrons. The molecule has 0 saturated heterocycles. The lowest BCUT2D eigenvalue weighted by Gasteiger charge is -2.32. The summed E-state index contributed by atoms with van der Waals surface area (Å²) in [6.07, 6.45) is 10.7. The summed E-state index contributed by atoms with van der Waals surface area (Å²) in [5, 5.41) is 3.61. The average molecular weight is 352 g/mol. The van der Waals surface area contributed by atoms with Crippen LogP contribution >= 0.6 is 12.8 Å². The zero-order valence-corrected chi connectivity index (χ0v) is 15.8. The van der Waals surface area contributed by atoms with Gasteiger partial charge in [-0.15, -0.1) is 0 Å². The molecular weight excluding hydrogens is 322 g/mol. The van der Waals surface area contributed by atoms with Crippen molar-refractivity contribution in [3.63, 3.8) is 0 Å². The third-order valence-corrected chi connectivity index (χ3v) is 5.16. The molecule has 1 saturated carbocycles. The van der Waals surface area contributed by atoms with Crippen LogP contribution in [0.15, 0.2) is 28.4 Å². The monoisotopic (exact) mass is 351 g/mol. The number of thiol groups is 1. The first-order chi connectivity index (χ1) is 11.5. The lowest BCUT2D eigenvalue weighted by Crippen LogP contribution is -2.41. The van der Waals surface area contributed by atoms with Gasteiger partial charge in [-0.2, -0.15) is 0 Å². The molecule has 2 aliphatic rings. The molecule has 0 bridgehead atoms. The summed E-state index contributed by atoms with van der Waals surface area (Å²) in [6.45, 7) is 6.18. The highest BCUT2D eigenvalue weighted by atomic mass is 32.1. The largest absolute Gasteiger partial charge is 0.463 e. The molecule has 5 nitrogen and oxygen atoms in total. The van der Waals surface area contributed by atoms with Gasteiger partial charge < -0.3 is 10.1 Å². The van der Waals surface area contributed by atoms with Crippen LogP contribution in [-0.2, 0) is 9.53 Å². The Morgan fingerprint density at radius 2 is 2.04 bits per heavy atom. The van der Waals surface area contributed by atoms with Crippen LogP contribution in [0.25, 0.3) is 0 Å². The standard InChI is InChI=1S/C18H29N3O2S/c1-4-23-17(22)12-11-16-13(2)21(24)14(3)19-18(16)20-15-9-7-5-6-8-10-15/h11-12,14-15,24H,4-10H2,1-3H3,(H,19,20). The number of nitrogens with zero attached hydrogens (tertiary/aromatic N) is 2. The summed E-state index contributed by atoms with van der Waals surface area (Å²) in [5.74, 6) is 0.522. The second-order valence-electron chi connectivity index (χ2n) is 6.37. The van der Waals surface area contributed by atoms with Crippen molar-refractivity contribution in [1.82, 2.24) is 9.62 Å². The van der Waals surface area contributed by atoms with Gasteiger partial charge >= 0.3 is 5.97 Å². The molecule has 134 valence electrons. The van der Waals surface area contributed by atoms with Crippen LogP contribution in [0.2, 0.25) is 0 Å². The number of esters is 1. The van der Waals surface area contributed by atoms with E-state index in [0.717, 1.165) is 17.1 Å². The van der Waals surface area contributed by atoms with Crippen molar-refractivity contribution in [1.29, 1.82) is 0 Å². The lowest BCUT2D eigenvalue weighted by molar-refractivity contribution is -0.137. The predicted octanol–water partition coefficient (Wildman–Crippen LogP) is 3.60. The molecule has 6 heteroatoms. The van der Waals surface area contributed by atoms with Crippen molar-refractivity contribution >= 4 is 24.6 Å². The highest BCUT2D eigenvalue weighted by Crippen LogP contribution is 2.25. The molecule has 1 unspecified atom stereocenters. The highest BCUT2D eigenvalue weighted by molar-refractivity contribution is 7.77. The Bertz CT molecular complexity index is 534. The van der Waals surface area contributed by atoms with Gasteiger partial charge in [0, 0.05) is 23.4 Å². The topological polar surface area (TPSA) is 53.9 Å². The van der Waals surface area contributed by atoms with Crippen LogP contribution in [0.1, 0.15) is 59.3 Å². The quantitative estimate of drug-likeness (QED) is 0.352. The van der Waals surface area contributed by atoms with Gasteiger partial charge in [-0.1, -0.05) is 38.5 Å². The molecule has 1 aliphatic heterocycles. The van der Waals surface area contributed by atoms with Gasteiger partial charge in [0.15, 0.2) is 0 Å². The first-order valence-electron chi connectivity index (χ1n) is 8.91. The van der Waals surface area contributed by atoms with Crippen molar-refractivity contribution in [2.75, 3.05) is 6.61 Å². The molecule has 0 aromatic heterocycles. The summed E-state index contributed by atoms with van der Waals surface area (Å²) in [7, 11) is 0. The Kier molecular flexibility index (Phi) is 7.21. The minimum absolute atomic E-state index is 0.0404. The molecule has 1 fully saturated rings. The number of nitrogens with one attached hydrogen (secondary N) is 1. The third-order valence-electron chi connectivity index (χ3n) is 4.53. The molecule has 0 amide bonds. The maximum absolute atomic E-state index is 11.7. The summed E-state index contributed by atoms with van der Waals surface area (Å²) in [5.41, 5.74) is 1.89. The van der Waals surface area contributed by atoms with Crippen LogP contribution in [0, 0.1) is 0 Å². The van der Waals surface area contributed by atoms with E-state index in [-0.39, 0.29) is 12.1 Å². The number of hydrogen-bond donors (Lipinski definition) is 2. The zero-order chi connectivity index (χ0) is 17.5. The first kappa shape index (κ1) is 18.9. The van der Waals surface area contributed by atoms with Crippen molar-refractivity contribution in [2.45, 2.75) is 71.5 Å². The number of carbonyl (C=O) groups is 1. The molecular formula is C18H29N3O2S. The molecule has 24 heavy (non-hydrogen) atoms. The molecule has 1 atom stereocenters. The fraction of sp³-hybridized carbons (Fsp3) is 0.667. The van der Waals surface area contributed by atoms with Gasteiger partial charge in [0.05, 0.1) is 6.61 Å². The molecule has 1 N–H and O–H groups in total. The number of ether oxygens (including phenoxy) is 1. The Balaban J connectivity index is 2.18. The minimum Gasteiger partial charge on any atom is -0.463 e. The molecule has 2 rings (SSSR count). The lowest BCUT2D eigenvalue weighted by atomic mass is 10.1. The van der Waals surface area contributed by atoms with Crippen molar-refractivity contribution in [3.05, 3.63) is 23.4 Å². The molecule has 1 heterocycles. The molecule has 0 aromatic rings. The van der Waals surface area contributed by atoms with Gasteiger partial charge in [0.25, 0.3) is 0 Å². The normalized spacial score (nSPS) is 23.2. The van der Waals surface area contributed by atoms with Crippen LogP contribution in [-0.4, -0.2) is 34.9 Å². The Hall–Kier alpha value is -1.43. The summed E-state index contributed by atoms with van der Waals surface area (Å²) in [4.78, 5) is 16.4. The van der Waals surface area contributed by atoms with Crippen molar-refractivity contribution < 1.29 is 9.53 Å². The average Bonchev–Trinajstić information content (AvgIpc) is 2.81. The molecule has 1 aliphatic carbocycles. The van der Waals surface area contributed by atoms with E-state index in [4.69, 9.17) is 9.73 Å². The van der Waals surface area contributed by atoms with E-state index in [1.165, 1.54) is 44.6 Å². The summed E-state index contributed by atoms with van der Waals surface area (Å²) < 4.78 is 6.80. The van der Waals surface area contributed by atoms with E-state index >= 15 is 0 Å². The number of rotatable bonds is 4. The predicted molar refractivity (Wildman–Crippen MR) is 101 cm³/mol. The first-order valence-corrected chi connectivity index (χ1v) is 9.31. The van der Waals surface area contributed by atoms with Gasteiger partial charge in [-0.25, -0.2) is 9.79 Å². The van der Waals surface area contributed by atoms with Gasteiger partial charge in [0.1, 0.15) is 12.0 Å². The minimum atomic E-state index is -0.337. The fourth-order valence-electron chi connectivity index (χ4n) is 3.16. The SMILES string of the molecule is CCOC(=O)C=CC1=C(C)N(S)C(C)N=C1NC1CCCCCC1. The number of allylic oxidation sites excluding steroid dienone is 1. The number of aliphatic imine (C=N–C) groups is 1. The van der Waals surface area contributed by atoms with E-state index in [0.29, 0.717) is 12.6 Å². The molecule has 0 spiro atoms. The second kappa shape index (κ2) is 9.16. The van der Waals surface area contributed by atoms with Crippen LogP contribution in [0.3, 0.4) is 0 Å². The Morgan fingerprint density at radius 3 is 2.67 bits per heavy atom. The fourth-order valence-corrected chi connectivity index (χ4v) is 3.32. The van der Waals surface area contributed by atoms with Crippen LogP contribution in [0.4, 0.5) is 0 Å². The molecule has 0 aromatic carbocycles. The number of amidine groups is 1. The van der Waals surface area contributed by atoms with Crippen molar-refractivity contribution in [2.24, 2.45) is 4.99 Å². The van der Waals surface area contributed by atoms with Crippen LogP contribution < -0.4 is 5.32 Å². The third kappa shape index (κ3) is 5.03. The number of carbonyl (C=O) groups excluding carboxylic acids is 1. The van der Waals surface area contributed by atoms with E-state index in [1.54, 1.807) is 13.0 Å². The van der Waals surface area contributed by atoms with Crippen LogP contribution in [0.5, 0.6) is 0 Å². The van der Waals surface area contributed by atoms with E-state index in [2.05, 4.69) is 18.1 Å². The highest BCUT2D eigenvalue weighted by Gasteiger charge is 2.24. The second-order valence-corrected chi connectivity index (χ2v) is 6.80. The van der Waals surface area contributed by atoms with E-state index in [1.807, 2.05) is 18.2 Å². The summed E-state index contributed by atoms with van der Waals surface area (Å²) >= 11 is 4.51. The Morgan fingerprint density at radius 1 is 1.38 bits per heavy atom. The van der Waals surface area contributed by atoms with Gasteiger partial charge in [-0.05, 0) is 39.7 Å². The van der Waals surface area contributed by atoms with E-state index < -0.39 is 0 Å². The maximum atomic E-state index is 11.7. The smallest absolute Gasteiger partial charge is 0.330 e. The van der Waals surface area contributed by atoms with Gasteiger partial charge in [-0.3, -0.25) is 4.31 Å². The zero-order valence-electron chi connectivity index (χ0n) is 14.9. The van der Waals surface area contributed by atoms with Crippen molar-refractivity contribution in [3.8, 4) is 0 Å². The van der Waals surface area contributed by atoms with Gasteiger partial charge in [0.2, 0.25) is 0 Å². The number of hydrogen-bond acceptors (Lipinski definition) is 6. The van der Waals surface area contributed by atoms with E-state index in [9.17, 15) is 4.79 Å². The maximum Gasteiger partial charge on any atom is 0.330 e.